The Morgan fingerprint density at radius 3 is 2.48 bits per heavy atom. The number of hydrogen-bond acceptors (Lipinski definition) is 2. The van der Waals surface area contributed by atoms with Gasteiger partial charge in [-0.05, 0) is 39.2 Å². The lowest BCUT2D eigenvalue weighted by atomic mass is 10.0. The fraction of sp³-hybridized carbons (Fsp3) is 0.0556. The number of aromatic nitrogens is 1. The summed E-state index contributed by atoms with van der Waals surface area (Å²) in [6.45, 7) is 0.746. The van der Waals surface area contributed by atoms with Crippen LogP contribution in [0.2, 0.25) is 0 Å². The van der Waals surface area contributed by atoms with E-state index in [-0.39, 0.29) is 0 Å². The van der Waals surface area contributed by atoms with Crippen molar-refractivity contribution in [2.75, 3.05) is 5.32 Å². The molecular weight excluding hydrogens is 324 g/mol. The Morgan fingerprint density at radius 1 is 0.905 bits per heavy atom. The highest BCUT2D eigenvalue weighted by Gasteiger charge is 2.04. The van der Waals surface area contributed by atoms with Crippen LogP contribution in [0.5, 0.6) is 0 Å². The lowest BCUT2D eigenvalue weighted by Crippen LogP contribution is -2.01. The molecule has 0 bridgehead atoms. The molecule has 3 aromatic rings. The molecule has 0 aliphatic carbocycles. The lowest BCUT2D eigenvalue weighted by molar-refractivity contribution is 1.11. The molecule has 3 rings (SSSR count). The average Bonchev–Trinajstić information content (AvgIpc) is 2.54. The zero-order chi connectivity index (χ0) is 14.5. The molecule has 0 amide bonds. The second-order valence-corrected chi connectivity index (χ2v) is 5.69. The van der Waals surface area contributed by atoms with Crippen LogP contribution in [-0.2, 0) is 6.54 Å². The van der Waals surface area contributed by atoms with Crippen molar-refractivity contribution >= 4 is 21.6 Å². The third-order valence-electron chi connectivity index (χ3n) is 3.26. The zero-order valence-electron chi connectivity index (χ0n) is 11.5. The average molecular weight is 339 g/mol. The Balaban J connectivity index is 1.83. The Kier molecular flexibility index (Phi) is 4.31. The highest BCUT2D eigenvalue weighted by atomic mass is 79.9. The summed E-state index contributed by atoms with van der Waals surface area (Å²) in [4.78, 5) is 4.19. The second-order valence-electron chi connectivity index (χ2n) is 4.78. The number of benzene rings is 2. The summed E-state index contributed by atoms with van der Waals surface area (Å²) in [7, 11) is 0. The summed E-state index contributed by atoms with van der Waals surface area (Å²) in [6, 6.07) is 20.8. The van der Waals surface area contributed by atoms with Crippen LogP contribution < -0.4 is 5.32 Å². The zero-order valence-corrected chi connectivity index (χ0v) is 13.0. The van der Waals surface area contributed by atoms with Crippen molar-refractivity contribution in [3.8, 4) is 11.1 Å². The van der Waals surface area contributed by atoms with Crippen LogP contribution in [0.1, 0.15) is 5.56 Å². The monoisotopic (exact) mass is 338 g/mol. The van der Waals surface area contributed by atoms with Crippen LogP contribution in [0, 0.1) is 0 Å². The maximum absolute atomic E-state index is 4.19. The first kappa shape index (κ1) is 13.8. The van der Waals surface area contributed by atoms with Crippen LogP contribution in [0.3, 0.4) is 0 Å². The van der Waals surface area contributed by atoms with Crippen LogP contribution in [-0.4, -0.2) is 4.98 Å². The van der Waals surface area contributed by atoms with E-state index in [1.165, 1.54) is 11.1 Å². The van der Waals surface area contributed by atoms with Gasteiger partial charge in [-0.1, -0.05) is 48.5 Å². The van der Waals surface area contributed by atoms with Gasteiger partial charge in [-0.25, -0.2) is 0 Å². The molecule has 0 spiro atoms. The Hall–Kier alpha value is -2.13. The minimum atomic E-state index is 0.746. The predicted octanol–water partition coefficient (Wildman–Crippen LogP) is 5.12. The van der Waals surface area contributed by atoms with Gasteiger partial charge in [0.15, 0.2) is 0 Å². The van der Waals surface area contributed by atoms with Crippen molar-refractivity contribution in [2.45, 2.75) is 6.54 Å². The molecule has 104 valence electrons. The summed E-state index contributed by atoms with van der Waals surface area (Å²) < 4.78 is 0.998. The van der Waals surface area contributed by atoms with Crippen molar-refractivity contribution in [1.82, 2.24) is 4.98 Å². The smallest absolute Gasteiger partial charge is 0.0422 e. The normalized spacial score (nSPS) is 10.3. The largest absolute Gasteiger partial charge is 0.380 e. The number of rotatable bonds is 4. The molecule has 3 heteroatoms. The summed E-state index contributed by atoms with van der Waals surface area (Å²) >= 11 is 3.45. The van der Waals surface area contributed by atoms with E-state index in [9.17, 15) is 0 Å². The molecule has 0 saturated carbocycles. The molecule has 1 N–H and O–H groups in total. The Morgan fingerprint density at radius 2 is 1.67 bits per heavy atom. The fourth-order valence-electron chi connectivity index (χ4n) is 2.26. The number of para-hydroxylation sites is 1. The lowest BCUT2D eigenvalue weighted by Gasteiger charge is -2.12. The minimum Gasteiger partial charge on any atom is -0.380 e. The standard InChI is InChI=1S/C18H15BrN2/c19-16-10-14(11-20-13-16)12-21-18-9-5-4-8-17(18)15-6-2-1-3-7-15/h1-11,13,21H,12H2. The summed E-state index contributed by atoms with van der Waals surface area (Å²) in [5, 5.41) is 3.49. The molecule has 1 aromatic heterocycles. The van der Waals surface area contributed by atoms with E-state index in [2.05, 4.69) is 74.8 Å². The molecule has 0 aliphatic heterocycles. The fourth-order valence-corrected chi connectivity index (χ4v) is 2.67. The highest BCUT2D eigenvalue weighted by Crippen LogP contribution is 2.27. The SMILES string of the molecule is Brc1cncc(CNc2ccccc2-c2ccccc2)c1. The first-order valence-electron chi connectivity index (χ1n) is 6.81. The topological polar surface area (TPSA) is 24.9 Å². The van der Waals surface area contributed by atoms with Crippen molar-refractivity contribution in [1.29, 1.82) is 0 Å². The van der Waals surface area contributed by atoms with Gasteiger partial charge in [-0.3, -0.25) is 4.98 Å². The molecule has 21 heavy (non-hydrogen) atoms. The van der Waals surface area contributed by atoms with E-state index >= 15 is 0 Å². The van der Waals surface area contributed by atoms with Gasteiger partial charge in [-0.2, -0.15) is 0 Å². The van der Waals surface area contributed by atoms with E-state index in [4.69, 9.17) is 0 Å². The summed E-state index contributed by atoms with van der Waals surface area (Å²) in [5.41, 5.74) is 4.70. The summed E-state index contributed by atoms with van der Waals surface area (Å²) in [5.74, 6) is 0. The molecule has 0 radical (unpaired) electrons. The number of hydrogen-bond donors (Lipinski definition) is 1. The van der Waals surface area contributed by atoms with Gasteiger partial charge >= 0.3 is 0 Å². The number of nitrogens with one attached hydrogen (secondary N) is 1. The van der Waals surface area contributed by atoms with Gasteiger partial charge < -0.3 is 5.32 Å². The molecule has 0 saturated heterocycles. The van der Waals surface area contributed by atoms with Crippen molar-refractivity contribution in [3.63, 3.8) is 0 Å². The van der Waals surface area contributed by atoms with Gasteiger partial charge in [0.1, 0.15) is 0 Å². The number of pyridine rings is 1. The predicted molar refractivity (Wildman–Crippen MR) is 91.1 cm³/mol. The summed E-state index contributed by atoms with van der Waals surface area (Å²) in [6.07, 6.45) is 3.67. The molecule has 0 unspecified atom stereocenters. The van der Waals surface area contributed by atoms with Crippen molar-refractivity contribution < 1.29 is 0 Å². The Bertz CT molecular complexity index is 726. The van der Waals surface area contributed by atoms with Crippen LogP contribution in [0.15, 0.2) is 77.5 Å². The minimum absolute atomic E-state index is 0.746. The van der Waals surface area contributed by atoms with Crippen molar-refractivity contribution in [2.24, 2.45) is 0 Å². The van der Waals surface area contributed by atoms with E-state index in [1.54, 1.807) is 6.20 Å². The van der Waals surface area contributed by atoms with Crippen LogP contribution in [0.25, 0.3) is 11.1 Å². The van der Waals surface area contributed by atoms with E-state index in [0.717, 1.165) is 22.3 Å². The van der Waals surface area contributed by atoms with E-state index in [1.807, 2.05) is 18.3 Å². The maximum atomic E-state index is 4.19. The number of halogens is 1. The third kappa shape index (κ3) is 3.50. The third-order valence-corrected chi connectivity index (χ3v) is 3.69. The molecule has 0 fully saturated rings. The molecule has 2 aromatic carbocycles. The van der Waals surface area contributed by atoms with E-state index in [0.29, 0.717) is 0 Å². The van der Waals surface area contributed by atoms with Gasteiger partial charge in [-0.15, -0.1) is 0 Å². The van der Waals surface area contributed by atoms with Gasteiger partial charge in [0.2, 0.25) is 0 Å². The highest BCUT2D eigenvalue weighted by molar-refractivity contribution is 9.10. The number of anilines is 1. The quantitative estimate of drug-likeness (QED) is 0.713. The second kappa shape index (κ2) is 6.55. The first-order valence-corrected chi connectivity index (χ1v) is 7.60. The maximum Gasteiger partial charge on any atom is 0.0422 e. The molecular formula is C18H15BrN2. The van der Waals surface area contributed by atoms with Gasteiger partial charge in [0.05, 0.1) is 0 Å². The molecule has 2 nitrogen and oxygen atoms in total. The van der Waals surface area contributed by atoms with Crippen molar-refractivity contribution in [3.05, 3.63) is 83.1 Å². The van der Waals surface area contributed by atoms with Gasteiger partial charge in [0.25, 0.3) is 0 Å². The van der Waals surface area contributed by atoms with E-state index < -0.39 is 0 Å². The molecule has 0 atom stereocenters. The number of nitrogens with zero attached hydrogens (tertiary/aromatic N) is 1. The Labute approximate surface area is 133 Å². The van der Waals surface area contributed by atoms with Gasteiger partial charge in [0, 0.05) is 34.7 Å². The van der Waals surface area contributed by atoms with Crippen LogP contribution in [0.4, 0.5) is 5.69 Å². The van der Waals surface area contributed by atoms with Crippen LogP contribution >= 0.6 is 15.9 Å². The first-order chi connectivity index (χ1) is 10.3. The molecule has 0 aliphatic rings. The molecule has 1 heterocycles.